The van der Waals surface area contributed by atoms with Crippen LogP contribution in [0.2, 0.25) is 5.02 Å². The zero-order valence-electron chi connectivity index (χ0n) is 13.4. The van der Waals surface area contributed by atoms with Gasteiger partial charge in [-0.3, -0.25) is 9.20 Å². The van der Waals surface area contributed by atoms with Crippen molar-refractivity contribution < 1.29 is 17.9 Å². The summed E-state index contributed by atoms with van der Waals surface area (Å²) < 4.78 is 30.1. The van der Waals surface area contributed by atoms with Crippen LogP contribution in [0.4, 0.5) is 0 Å². The Bertz CT molecular complexity index is 1230. The molecule has 2 N–H and O–H groups in total. The predicted octanol–water partition coefficient (Wildman–Crippen LogP) is 2.11. The summed E-state index contributed by atoms with van der Waals surface area (Å²) in [6, 6.07) is 8.16. The van der Waals surface area contributed by atoms with Crippen LogP contribution < -0.4 is 10.7 Å². The first-order valence-electron chi connectivity index (χ1n) is 7.32. The third kappa shape index (κ3) is 4.35. The lowest BCUT2D eigenvalue weighted by molar-refractivity contribution is 0.0467. The number of esters is 1. The Labute approximate surface area is 166 Å². The smallest absolute Gasteiger partial charge is 0.338 e. The normalized spacial score (nSPS) is 11.5. The van der Waals surface area contributed by atoms with E-state index in [4.69, 9.17) is 21.5 Å². The molecule has 0 fully saturated rings. The van der Waals surface area contributed by atoms with Crippen molar-refractivity contribution in [2.24, 2.45) is 5.14 Å². The second kappa shape index (κ2) is 7.39. The number of hydrogen-bond donors (Lipinski definition) is 1. The Morgan fingerprint density at radius 3 is 2.70 bits per heavy atom. The summed E-state index contributed by atoms with van der Waals surface area (Å²) in [5.41, 5.74) is 0.247. The Kier molecular flexibility index (Phi) is 5.33. The molecule has 140 valence electrons. The Morgan fingerprint density at radius 2 is 2.00 bits per heavy atom. The van der Waals surface area contributed by atoms with Crippen molar-refractivity contribution in [3.05, 3.63) is 73.7 Å². The van der Waals surface area contributed by atoms with Gasteiger partial charge in [-0.15, -0.1) is 0 Å². The fourth-order valence-electron chi connectivity index (χ4n) is 2.27. The number of nitrogens with two attached hydrogens (primary N) is 1. The molecule has 0 aliphatic rings. The predicted molar refractivity (Wildman–Crippen MR) is 101 cm³/mol. The van der Waals surface area contributed by atoms with Crippen LogP contribution in [0.25, 0.3) is 5.65 Å². The summed E-state index contributed by atoms with van der Waals surface area (Å²) in [4.78, 5) is 28.2. The number of primary sulfonamides is 1. The molecule has 1 aromatic carbocycles. The molecule has 0 saturated carbocycles. The van der Waals surface area contributed by atoms with Crippen molar-refractivity contribution in [1.29, 1.82) is 0 Å². The highest BCUT2D eigenvalue weighted by molar-refractivity contribution is 9.10. The molecule has 0 atom stereocenters. The Morgan fingerprint density at radius 1 is 1.26 bits per heavy atom. The molecule has 0 spiro atoms. The van der Waals surface area contributed by atoms with Gasteiger partial charge in [0.2, 0.25) is 10.0 Å². The number of aromatic nitrogens is 2. The minimum absolute atomic E-state index is 0.0510. The number of carbonyl (C=O) groups excluding carboxylic acids is 1. The highest BCUT2D eigenvalue weighted by Gasteiger charge is 2.17. The molecule has 0 radical (unpaired) electrons. The molecule has 8 nitrogen and oxygen atoms in total. The van der Waals surface area contributed by atoms with Gasteiger partial charge in [-0.1, -0.05) is 11.6 Å². The summed E-state index contributed by atoms with van der Waals surface area (Å²) in [6.07, 6.45) is 1.57. The lowest BCUT2D eigenvalue weighted by Crippen LogP contribution is -2.17. The quantitative estimate of drug-likeness (QED) is 0.581. The van der Waals surface area contributed by atoms with E-state index in [-0.39, 0.29) is 33.3 Å². The highest BCUT2D eigenvalue weighted by Crippen LogP contribution is 2.22. The summed E-state index contributed by atoms with van der Waals surface area (Å²) in [7, 11) is -4.09. The molecule has 2 heterocycles. The van der Waals surface area contributed by atoms with Crippen molar-refractivity contribution in [2.75, 3.05) is 0 Å². The van der Waals surface area contributed by atoms with Gasteiger partial charge in [-0.2, -0.15) is 0 Å². The van der Waals surface area contributed by atoms with Crippen LogP contribution in [0.5, 0.6) is 0 Å². The van der Waals surface area contributed by atoms with Crippen molar-refractivity contribution in [1.82, 2.24) is 9.38 Å². The van der Waals surface area contributed by atoms with Crippen LogP contribution >= 0.6 is 27.5 Å². The van der Waals surface area contributed by atoms with Crippen LogP contribution in [-0.2, 0) is 21.4 Å². The van der Waals surface area contributed by atoms with Crippen molar-refractivity contribution in [2.45, 2.75) is 11.5 Å². The standard InChI is InChI=1S/C16H11BrClN3O5S/c17-10-2-4-14-20-11(6-15(22)21(14)7-10)8-26-16(23)9-1-3-12(18)13(5-9)27(19,24)25/h1-7H,8H2,(H2,19,24,25). The average Bonchev–Trinajstić information content (AvgIpc) is 2.59. The number of carbonyl (C=O) groups is 1. The van der Waals surface area contributed by atoms with Gasteiger partial charge in [0, 0.05) is 16.7 Å². The topological polar surface area (TPSA) is 121 Å². The Balaban J connectivity index is 1.83. The van der Waals surface area contributed by atoms with Gasteiger partial charge in [0.1, 0.15) is 17.1 Å². The third-order valence-corrected chi connectivity index (χ3v) is 5.36. The first kappa shape index (κ1) is 19.5. The molecular weight excluding hydrogens is 462 g/mol. The van der Waals surface area contributed by atoms with Gasteiger partial charge >= 0.3 is 5.97 Å². The van der Waals surface area contributed by atoms with Gasteiger partial charge < -0.3 is 4.74 Å². The van der Waals surface area contributed by atoms with Crippen molar-refractivity contribution in [3.63, 3.8) is 0 Å². The van der Waals surface area contributed by atoms with Crippen LogP contribution in [0, 0.1) is 0 Å². The zero-order valence-corrected chi connectivity index (χ0v) is 16.6. The van der Waals surface area contributed by atoms with E-state index in [2.05, 4.69) is 20.9 Å². The minimum Gasteiger partial charge on any atom is -0.456 e. The van der Waals surface area contributed by atoms with Crippen LogP contribution in [0.3, 0.4) is 0 Å². The Hall–Kier alpha value is -2.27. The second-order valence-electron chi connectivity index (χ2n) is 5.43. The monoisotopic (exact) mass is 471 g/mol. The molecule has 3 aromatic rings. The van der Waals surface area contributed by atoms with Gasteiger partial charge in [0.25, 0.3) is 5.56 Å². The maximum atomic E-state index is 12.2. The van der Waals surface area contributed by atoms with Gasteiger partial charge in [-0.25, -0.2) is 23.3 Å². The first-order chi connectivity index (χ1) is 12.6. The number of fused-ring (bicyclic) bond motifs is 1. The van der Waals surface area contributed by atoms with E-state index in [1.54, 1.807) is 18.3 Å². The molecule has 0 saturated heterocycles. The molecule has 0 aliphatic heterocycles. The lowest BCUT2D eigenvalue weighted by Gasteiger charge is -2.08. The van der Waals surface area contributed by atoms with Crippen molar-refractivity contribution >= 4 is 49.2 Å². The summed E-state index contributed by atoms with van der Waals surface area (Å²) in [5.74, 6) is -0.811. The van der Waals surface area contributed by atoms with E-state index in [0.29, 0.717) is 10.1 Å². The number of rotatable bonds is 4. The number of sulfonamides is 1. The van der Waals surface area contributed by atoms with Gasteiger partial charge in [0.05, 0.1) is 16.3 Å². The maximum Gasteiger partial charge on any atom is 0.338 e. The molecule has 27 heavy (non-hydrogen) atoms. The summed E-state index contributed by atoms with van der Waals surface area (Å²) in [5, 5.41) is 4.95. The SMILES string of the molecule is NS(=O)(=O)c1cc(C(=O)OCc2cc(=O)n3cc(Br)ccc3n2)ccc1Cl. The number of benzene rings is 1. The molecule has 0 bridgehead atoms. The van der Waals surface area contributed by atoms with Gasteiger partial charge in [-0.05, 0) is 46.3 Å². The van der Waals surface area contributed by atoms with E-state index < -0.39 is 16.0 Å². The number of ether oxygens (including phenoxy) is 1. The zero-order chi connectivity index (χ0) is 19.8. The molecule has 0 amide bonds. The second-order valence-corrected chi connectivity index (χ2v) is 8.28. The van der Waals surface area contributed by atoms with Crippen LogP contribution in [0.15, 0.2) is 56.8 Å². The summed E-state index contributed by atoms with van der Waals surface area (Å²) in [6.45, 7) is -0.270. The lowest BCUT2D eigenvalue weighted by atomic mass is 10.2. The number of nitrogens with zero attached hydrogens (tertiary/aromatic N) is 2. The highest BCUT2D eigenvalue weighted by atomic mass is 79.9. The minimum atomic E-state index is -4.09. The maximum absolute atomic E-state index is 12.2. The molecule has 3 rings (SSSR count). The molecule has 2 aromatic heterocycles. The summed E-state index contributed by atoms with van der Waals surface area (Å²) >= 11 is 9.05. The van der Waals surface area contributed by atoms with Crippen LogP contribution in [-0.4, -0.2) is 23.8 Å². The number of pyridine rings is 1. The fraction of sp³-hybridized carbons (Fsp3) is 0.0625. The average molecular weight is 473 g/mol. The van der Waals surface area contributed by atoms with E-state index in [0.717, 1.165) is 6.07 Å². The van der Waals surface area contributed by atoms with Crippen LogP contribution in [0.1, 0.15) is 16.1 Å². The fourth-order valence-corrected chi connectivity index (χ4v) is 3.68. The van der Waals surface area contributed by atoms with E-state index in [1.807, 2.05) is 0 Å². The van der Waals surface area contributed by atoms with E-state index >= 15 is 0 Å². The largest absolute Gasteiger partial charge is 0.456 e. The van der Waals surface area contributed by atoms with E-state index in [9.17, 15) is 18.0 Å². The number of hydrogen-bond acceptors (Lipinski definition) is 6. The third-order valence-electron chi connectivity index (χ3n) is 3.50. The molecule has 11 heteroatoms. The van der Waals surface area contributed by atoms with Gasteiger partial charge in [0.15, 0.2) is 0 Å². The van der Waals surface area contributed by atoms with E-state index in [1.165, 1.54) is 22.6 Å². The first-order valence-corrected chi connectivity index (χ1v) is 10.0. The number of halogens is 2. The van der Waals surface area contributed by atoms with Crippen molar-refractivity contribution in [3.8, 4) is 0 Å². The molecule has 0 aliphatic carbocycles. The molecular formula is C16H11BrClN3O5S. The molecule has 0 unspecified atom stereocenters.